The Labute approximate surface area is 65.4 Å². The maximum atomic E-state index is 8.72. The van der Waals surface area contributed by atoms with Crippen LogP contribution in [-0.4, -0.2) is 37.7 Å². The number of hydrogen-bond acceptors (Lipinski definition) is 3. The average Bonchev–Trinajstić information content (AvgIpc) is 2.32. The van der Waals surface area contributed by atoms with E-state index in [-0.39, 0.29) is 12.6 Å². The van der Waals surface area contributed by atoms with Gasteiger partial charge in [-0.3, -0.25) is 0 Å². The molecule has 6 heteroatoms. The van der Waals surface area contributed by atoms with Crippen LogP contribution in [-0.2, 0) is 4.74 Å². The zero-order chi connectivity index (χ0) is 8.27. The second kappa shape index (κ2) is 3.62. The molecule has 1 aliphatic rings. The van der Waals surface area contributed by atoms with Crippen molar-refractivity contribution in [2.75, 3.05) is 6.61 Å². The van der Waals surface area contributed by atoms with Crippen molar-refractivity contribution in [3.8, 4) is 0 Å². The summed E-state index contributed by atoms with van der Waals surface area (Å²) < 4.78 is 5.04. The standard InChI is InChI=1S/C5H8BN3O2/c6-5-1-3(8-9-7)4(2-10)11-5/h3-5,10H,1-2H2/t3-,4+,5+/m0/s1. The highest BCUT2D eigenvalue weighted by Crippen LogP contribution is 2.20. The van der Waals surface area contributed by atoms with Gasteiger partial charge in [0.25, 0.3) is 0 Å². The van der Waals surface area contributed by atoms with E-state index in [1.165, 1.54) is 0 Å². The van der Waals surface area contributed by atoms with E-state index in [1.54, 1.807) is 0 Å². The largest absolute Gasteiger partial charge is 0.394 e. The summed E-state index contributed by atoms with van der Waals surface area (Å²) in [4.78, 5) is 2.63. The molecule has 1 N–H and O–H groups in total. The third kappa shape index (κ3) is 1.86. The monoisotopic (exact) mass is 153 g/mol. The Bertz CT molecular complexity index is 183. The molecule has 1 saturated heterocycles. The molecule has 0 aliphatic carbocycles. The SMILES string of the molecule is [B][C@H]1C[C@H](N=[N+]=[N-])[C@@H](CO)O1. The van der Waals surface area contributed by atoms with Gasteiger partial charge < -0.3 is 9.84 Å². The van der Waals surface area contributed by atoms with E-state index in [9.17, 15) is 0 Å². The Kier molecular flexibility index (Phi) is 2.76. The molecule has 0 spiro atoms. The summed E-state index contributed by atoms with van der Waals surface area (Å²) in [5.41, 5.74) is 8.11. The third-order valence-corrected chi connectivity index (χ3v) is 1.63. The van der Waals surface area contributed by atoms with Gasteiger partial charge in [0, 0.05) is 10.9 Å². The highest BCUT2D eigenvalue weighted by molar-refractivity contribution is 6.11. The molecule has 1 heterocycles. The number of aliphatic hydroxyl groups is 1. The van der Waals surface area contributed by atoms with Crippen molar-refractivity contribution in [2.24, 2.45) is 5.11 Å². The van der Waals surface area contributed by atoms with Crippen LogP contribution in [0.4, 0.5) is 0 Å². The summed E-state index contributed by atoms with van der Waals surface area (Å²) in [6.07, 6.45) is 0.0517. The summed E-state index contributed by atoms with van der Waals surface area (Å²) in [6, 6.07) is -0.734. The molecule has 58 valence electrons. The molecule has 0 amide bonds. The highest BCUT2D eigenvalue weighted by Gasteiger charge is 2.30. The van der Waals surface area contributed by atoms with Gasteiger partial charge in [-0.05, 0) is 12.0 Å². The summed E-state index contributed by atoms with van der Waals surface area (Å²) in [5.74, 6) is 0. The van der Waals surface area contributed by atoms with Crippen molar-refractivity contribution >= 4 is 7.85 Å². The fourth-order valence-electron chi connectivity index (χ4n) is 1.11. The molecule has 1 fully saturated rings. The molecule has 0 aromatic carbocycles. The number of azide groups is 1. The summed E-state index contributed by atoms with van der Waals surface area (Å²) in [6.45, 7) is -0.155. The lowest BCUT2D eigenvalue weighted by molar-refractivity contribution is 0.0379. The van der Waals surface area contributed by atoms with Crippen LogP contribution in [0, 0.1) is 0 Å². The molecule has 0 bridgehead atoms. The minimum absolute atomic E-state index is 0.155. The first kappa shape index (κ1) is 8.39. The maximum Gasteiger partial charge on any atom is 0.109 e. The van der Waals surface area contributed by atoms with E-state index in [4.69, 9.17) is 23.2 Å². The summed E-state index contributed by atoms with van der Waals surface area (Å²) in [5, 5.41) is 12.2. The lowest BCUT2D eigenvalue weighted by Gasteiger charge is -2.09. The lowest BCUT2D eigenvalue weighted by atomic mass is 9.95. The quantitative estimate of drug-likeness (QED) is 0.261. The minimum Gasteiger partial charge on any atom is -0.394 e. The second-order valence-electron chi connectivity index (χ2n) is 2.40. The van der Waals surface area contributed by atoms with Gasteiger partial charge in [-0.15, -0.1) is 0 Å². The Morgan fingerprint density at radius 3 is 3.09 bits per heavy atom. The van der Waals surface area contributed by atoms with Crippen LogP contribution >= 0.6 is 0 Å². The predicted molar refractivity (Wildman–Crippen MR) is 39.1 cm³/mol. The van der Waals surface area contributed by atoms with Crippen LogP contribution < -0.4 is 0 Å². The van der Waals surface area contributed by atoms with E-state index in [0.29, 0.717) is 6.42 Å². The van der Waals surface area contributed by atoms with Gasteiger partial charge in [0.05, 0.1) is 18.8 Å². The fraction of sp³-hybridized carbons (Fsp3) is 1.00. The van der Waals surface area contributed by atoms with Gasteiger partial charge in [0.1, 0.15) is 7.85 Å². The normalized spacial score (nSPS) is 36.6. The first-order chi connectivity index (χ1) is 5.27. The summed E-state index contributed by atoms with van der Waals surface area (Å²) in [7, 11) is 5.40. The predicted octanol–water partition coefficient (Wildman–Crippen LogP) is -0.0589. The van der Waals surface area contributed by atoms with E-state index in [2.05, 4.69) is 10.0 Å². The van der Waals surface area contributed by atoms with Gasteiger partial charge in [0.15, 0.2) is 0 Å². The Balaban J connectivity index is 2.56. The molecule has 5 nitrogen and oxygen atoms in total. The molecule has 3 atom stereocenters. The number of hydrogen-bond donors (Lipinski definition) is 1. The van der Waals surface area contributed by atoms with Crippen molar-refractivity contribution in [1.82, 2.24) is 0 Å². The molecule has 1 rings (SSSR count). The van der Waals surface area contributed by atoms with Crippen LogP contribution in [0.1, 0.15) is 6.42 Å². The first-order valence-electron chi connectivity index (χ1n) is 3.34. The zero-order valence-corrected chi connectivity index (χ0v) is 5.92. The maximum absolute atomic E-state index is 8.72. The second-order valence-corrected chi connectivity index (χ2v) is 2.40. The molecule has 0 aromatic rings. The highest BCUT2D eigenvalue weighted by atomic mass is 16.5. The van der Waals surface area contributed by atoms with Crippen molar-refractivity contribution < 1.29 is 9.84 Å². The minimum atomic E-state index is -0.430. The molecule has 0 saturated carbocycles. The third-order valence-electron chi connectivity index (χ3n) is 1.63. The molecule has 2 radical (unpaired) electrons. The number of nitrogens with zero attached hydrogens (tertiary/aromatic N) is 3. The van der Waals surface area contributed by atoms with Crippen LogP contribution in [0.2, 0.25) is 0 Å². The number of rotatable bonds is 2. The van der Waals surface area contributed by atoms with Crippen LogP contribution in [0.25, 0.3) is 10.4 Å². The van der Waals surface area contributed by atoms with E-state index in [1.807, 2.05) is 0 Å². The molecular formula is C5H8BN3O2. The van der Waals surface area contributed by atoms with Gasteiger partial charge >= 0.3 is 0 Å². The van der Waals surface area contributed by atoms with E-state index in [0.717, 1.165) is 0 Å². The van der Waals surface area contributed by atoms with E-state index >= 15 is 0 Å². The Hall–Kier alpha value is -0.705. The lowest BCUT2D eigenvalue weighted by Crippen LogP contribution is -2.23. The number of aliphatic hydroxyl groups excluding tert-OH is 1. The average molecular weight is 153 g/mol. The first-order valence-corrected chi connectivity index (χ1v) is 3.34. The zero-order valence-electron chi connectivity index (χ0n) is 5.92. The summed E-state index contributed by atoms with van der Waals surface area (Å²) >= 11 is 0. The van der Waals surface area contributed by atoms with Crippen molar-refractivity contribution in [3.63, 3.8) is 0 Å². The van der Waals surface area contributed by atoms with Crippen LogP contribution in [0.5, 0.6) is 0 Å². The Morgan fingerprint density at radius 1 is 1.82 bits per heavy atom. The van der Waals surface area contributed by atoms with Crippen molar-refractivity contribution in [2.45, 2.75) is 24.6 Å². The van der Waals surface area contributed by atoms with Crippen LogP contribution in [0.15, 0.2) is 5.11 Å². The van der Waals surface area contributed by atoms with Gasteiger partial charge in [-0.25, -0.2) is 0 Å². The van der Waals surface area contributed by atoms with Gasteiger partial charge in [0.2, 0.25) is 0 Å². The fourth-order valence-corrected chi connectivity index (χ4v) is 1.11. The molecule has 0 unspecified atom stereocenters. The topological polar surface area (TPSA) is 78.2 Å². The van der Waals surface area contributed by atoms with Gasteiger partial charge in [-0.1, -0.05) is 5.11 Å². The van der Waals surface area contributed by atoms with Gasteiger partial charge in [-0.2, -0.15) is 0 Å². The van der Waals surface area contributed by atoms with Crippen LogP contribution in [0.3, 0.4) is 0 Å². The van der Waals surface area contributed by atoms with Crippen molar-refractivity contribution in [3.05, 3.63) is 10.4 Å². The molecule has 11 heavy (non-hydrogen) atoms. The molecular weight excluding hydrogens is 145 g/mol. The smallest absolute Gasteiger partial charge is 0.109 e. The van der Waals surface area contributed by atoms with Crippen molar-refractivity contribution in [1.29, 1.82) is 0 Å². The molecule has 1 aliphatic heterocycles. The Morgan fingerprint density at radius 2 is 2.55 bits per heavy atom. The molecule has 0 aromatic heterocycles. The number of ether oxygens (including phenoxy) is 1. The van der Waals surface area contributed by atoms with E-state index < -0.39 is 12.1 Å².